The molecule has 0 atom stereocenters. The van der Waals surface area contributed by atoms with Crippen LogP contribution in [0.15, 0.2) is 30.6 Å². The predicted molar refractivity (Wildman–Crippen MR) is 61.3 cm³/mol. The number of nitrogens with zero attached hydrogens (tertiary/aromatic N) is 2. The highest BCUT2D eigenvalue weighted by Gasteiger charge is 2.16. The summed E-state index contributed by atoms with van der Waals surface area (Å²) in [5, 5.41) is 0. The summed E-state index contributed by atoms with van der Waals surface area (Å²) in [6, 6.07) is 4.39. The zero-order valence-corrected chi connectivity index (χ0v) is 9.57. The maximum atomic E-state index is 13.5. The van der Waals surface area contributed by atoms with E-state index in [2.05, 4.69) is 9.97 Å². The van der Waals surface area contributed by atoms with Gasteiger partial charge in [0.1, 0.15) is 5.82 Å². The summed E-state index contributed by atoms with van der Waals surface area (Å²) in [7, 11) is 0. The summed E-state index contributed by atoms with van der Waals surface area (Å²) >= 11 is 0. The van der Waals surface area contributed by atoms with Crippen LogP contribution >= 0.6 is 0 Å². The molecule has 1 aromatic carbocycles. The van der Waals surface area contributed by atoms with Crippen LogP contribution in [0.5, 0.6) is 0 Å². The third-order valence-corrected chi connectivity index (χ3v) is 2.35. The molecule has 0 N–H and O–H groups in total. The Morgan fingerprint density at radius 1 is 1.12 bits per heavy atom. The highest BCUT2D eigenvalue weighted by Crippen LogP contribution is 2.13. The minimum absolute atomic E-state index is 0.00820. The Hall–Kier alpha value is -2.10. The van der Waals surface area contributed by atoms with E-state index in [1.807, 2.05) is 6.92 Å². The van der Waals surface area contributed by atoms with Crippen molar-refractivity contribution in [3.05, 3.63) is 58.9 Å². The number of hydrogen-bond acceptors (Lipinski definition) is 3. The zero-order chi connectivity index (χ0) is 12.4. The van der Waals surface area contributed by atoms with Crippen LogP contribution in [-0.2, 0) is 0 Å². The van der Waals surface area contributed by atoms with Gasteiger partial charge in [-0.1, -0.05) is 11.6 Å². The molecule has 0 bridgehead atoms. The Kier molecular flexibility index (Phi) is 2.95. The van der Waals surface area contributed by atoms with Crippen LogP contribution in [0.3, 0.4) is 0 Å². The first-order valence-corrected chi connectivity index (χ1v) is 5.17. The number of rotatable bonds is 2. The van der Waals surface area contributed by atoms with E-state index in [9.17, 15) is 9.18 Å². The molecule has 4 heteroatoms. The molecule has 2 aromatic rings. The molecule has 0 saturated carbocycles. The number of carbonyl (C=O) groups excluding carboxylic acids is 1. The first-order valence-electron chi connectivity index (χ1n) is 5.17. The summed E-state index contributed by atoms with van der Waals surface area (Å²) in [5.41, 5.74) is 1.68. The number of aryl methyl sites for hydroxylation is 2. The molecule has 0 spiro atoms. The Morgan fingerprint density at radius 2 is 1.76 bits per heavy atom. The Morgan fingerprint density at radius 3 is 2.41 bits per heavy atom. The molecular weight excluding hydrogens is 219 g/mol. The number of carbonyl (C=O) groups is 1. The molecule has 0 amide bonds. The van der Waals surface area contributed by atoms with E-state index in [4.69, 9.17) is 0 Å². The van der Waals surface area contributed by atoms with E-state index in [-0.39, 0.29) is 11.4 Å². The first-order chi connectivity index (χ1) is 8.08. The van der Waals surface area contributed by atoms with E-state index in [1.54, 1.807) is 13.0 Å². The van der Waals surface area contributed by atoms with Gasteiger partial charge in [0.2, 0.25) is 11.6 Å². The van der Waals surface area contributed by atoms with Gasteiger partial charge in [-0.15, -0.1) is 0 Å². The third-order valence-electron chi connectivity index (χ3n) is 2.35. The first kappa shape index (κ1) is 11.4. The Labute approximate surface area is 98.3 Å². The molecular formula is C13H11FN2O. The maximum Gasteiger partial charge on any atom is 0.233 e. The van der Waals surface area contributed by atoms with Crippen LogP contribution in [0.2, 0.25) is 0 Å². The van der Waals surface area contributed by atoms with Crippen molar-refractivity contribution in [3.63, 3.8) is 0 Å². The van der Waals surface area contributed by atoms with E-state index in [0.717, 1.165) is 11.1 Å². The van der Waals surface area contributed by atoms with Crippen molar-refractivity contribution in [2.45, 2.75) is 13.8 Å². The van der Waals surface area contributed by atoms with E-state index in [1.165, 1.54) is 24.5 Å². The number of halogens is 1. The van der Waals surface area contributed by atoms with Crippen LogP contribution < -0.4 is 0 Å². The quantitative estimate of drug-likeness (QED) is 0.744. The van der Waals surface area contributed by atoms with Crippen molar-refractivity contribution in [2.75, 3.05) is 0 Å². The number of ketones is 1. The third kappa shape index (κ3) is 2.36. The molecule has 0 aliphatic carbocycles. The second-order valence-corrected chi connectivity index (χ2v) is 3.90. The topological polar surface area (TPSA) is 42.9 Å². The molecule has 0 saturated heterocycles. The fourth-order valence-electron chi connectivity index (χ4n) is 1.44. The van der Waals surface area contributed by atoms with Crippen molar-refractivity contribution in [1.82, 2.24) is 9.97 Å². The van der Waals surface area contributed by atoms with Gasteiger partial charge in [0, 0.05) is 12.4 Å². The average Bonchev–Trinajstić information content (AvgIpc) is 2.32. The molecule has 0 unspecified atom stereocenters. The monoisotopic (exact) mass is 230 g/mol. The minimum atomic E-state index is -0.551. The fourth-order valence-corrected chi connectivity index (χ4v) is 1.44. The summed E-state index contributed by atoms with van der Waals surface area (Å²) < 4.78 is 13.5. The molecule has 0 fully saturated rings. The summed E-state index contributed by atoms with van der Waals surface area (Å²) in [5.74, 6) is -1.03. The zero-order valence-electron chi connectivity index (χ0n) is 9.57. The fraction of sp³-hybridized carbons (Fsp3) is 0.154. The smallest absolute Gasteiger partial charge is 0.233 e. The second-order valence-electron chi connectivity index (χ2n) is 3.90. The molecule has 0 aliphatic rings. The van der Waals surface area contributed by atoms with E-state index >= 15 is 0 Å². The lowest BCUT2D eigenvalue weighted by Crippen LogP contribution is -2.09. The van der Waals surface area contributed by atoms with Crippen molar-refractivity contribution < 1.29 is 9.18 Å². The van der Waals surface area contributed by atoms with Gasteiger partial charge in [0.15, 0.2) is 0 Å². The van der Waals surface area contributed by atoms with Crippen LogP contribution in [0.4, 0.5) is 4.39 Å². The number of aromatic nitrogens is 2. The predicted octanol–water partition coefficient (Wildman–Crippen LogP) is 2.46. The van der Waals surface area contributed by atoms with Gasteiger partial charge in [-0.2, -0.15) is 0 Å². The Balaban J connectivity index is 2.43. The van der Waals surface area contributed by atoms with Crippen molar-refractivity contribution in [3.8, 4) is 0 Å². The molecule has 1 heterocycles. The maximum absolute atomic E-state index is 13.5. The molecule has 0 aliphatic heterocycles. The Bertz CT molecular complexity index is 564. The largest absolute Gasteiger partial charge is 0.285 e. The molecule has 0 radical (unpaired) electrons. The van der Waals surface area contributed by atoms with Crippen molar-refractivity contribution in [1.29, 1.82) is 0 Å². The van der Waals surface area contributed by atoms with Gasteiger partial charge in [-0.3, -0.25) is 4.79 Å². The highest BCUT2D eigenvalue weighted by molar-refractivity contribution is 6.06. The highest BCUT2D eigenvalue weighted by atomic mass is 19.1. The SMILES string of the molecule is Cc1cnc(C(=O)c2cc(C)ccc2F)nc1. The van der Waals surface area contributed by atoms with Crippen LogP contribution in [0, 0.1) is 19.7 Å². The lowest BCUT2D eigenvalue weighted by atomic mass is 10.1. The van der Waals surface area contributed by atoms with Gasteiger partial charge >= 0.3 is 0 Å². The summed E-state index contributed by atoms with van der Waals surface area (Å²) in [6.45, 7) is 3.62. The number of benzene rings is 1. The number of hydrogen-bond donors (Lipinski definition) is 0. The van der Waals surface area contributed by atoms with Gasteiger partial charge < -0.3 is 0 Å². The summed E-state index contributed by atoms with van der Waals surface area (Å²) in [6.07, 6.45) is 3.07. The van der Waals surface area contributed by atoms with Crippen molar-refractivity contribution >= 4 is 5.78 Å². The molecule has 1 aromatic heterocycles. The average molecular weight is 230 g/mol. The van der Waals surface area contributed by atoms with Gasteiger partial charge in [0.25, 0.3) is 0 Å². The summed E-state index contributed by atoms with van der Waals surface area (Å²) in [4.78, 5) is 19.8. The van der Waals surface area contributed by atoms with Gasteiger partial charge in [0.05, 0.1) is 5.56 Å². The molecule has 86 valence electrons. The molecule has 17 heavy (non-hydrogen) atoms. The standard InChI is InChI=1S/C13H11FN2O/c1-8-3-4-11(14)10(5-8)12(17)13-15-6-9(2)7-16-13/h3-7H,1-2H3. The van der Waals surface area contributed by atoms with Gasteiger partial charge in [-0.25, -0.2) is 14.4 Å². The lowest BCUT2D eigenvalue weighted by Gasteiger charge is -2.02. The van der Waals surface area contributed by atoms with Gasteiger partial charge in [-0.05, 0) is 31.5 Å². The normalized spacial score (nSPS) is 10.3. The molecule has 3 nitrogen and oxygen atoms in total. The van der Waals surface area contributed by atoms with Crippen LogP contribution in [0.25, 0.3) is 0 Å². The van der Waals surface area contributed by atoms with E-state index < -0.39 is 11.6 Å². The van der Waals surface area contributed by atoms with E-state index in [0.29, 0.717) is 0 Å². The lowest BCUT2D eigenvalue weighted by molar-refractivity contribution is 0.102. The molecule has 2 rings (SSSR count). The van der Waals surface area contributed by atoms with Crippen molar-refractivity contribution in [2.24, 2.45) is 0 Å². The minimum Gasteiger partial charge on any atom is -0.285 e. The van der Waals surface area contributed by atoms with Crippen LogP contribution in [0.1, 0.15) is 27.3 Å². The second kappa shape index (κ2) is 4.41. The van der Waals surface area contributed by atoms with Crippen LogP contribution in [-0.4, -0.2) is 15.8 Å².